The van der Waals surface area contributed by atoms with E-state index < -0.39 is 0 Å². The lowest BCUT2D eigenvalue weighted by Crippen LogP contribution is -2.36. The van der Waals surface area contributed by atoms with E-state index in [1.807, 2.05) is 0 Å². The molecule has 0 bridgehead atoms. The Bertz CT molecular complexity index is 246. The number of nitrogens with zero attached hydrogens (tertiary/aromatic N) is 1. The van der Waals surface area contributed by atoms with Gasteiger partial charge in [-0.15, -0.1) is 12.4 Å². The quantitative estimate of drug-likeness (QED) is 0.781. The molecule has 0 spiro atoms. The van der Waals surface area contributed by atoms with Gasteiger partial charge >= 0.3 is 0 Å². The average molecular weight is 261 g/mol. The first-order valence-corrected chi connectivity index (χ1v) is 6.94. The Hall–Kier alpha value is 0.170. The number of fused-ring (bicyclic) bond motifs is 1. The van der Waals surface area contributed by atoms with Crippen molar-refractivity contribution in [2.45, 2.75) is 31.8 Å². The highest BCUT2D eigenvalue weighted by molar-refractivity contribution is 5.85. The van der Waals surface area contributed by atoms with Crippen molar-refractivity contribution in [1.82, 2.24) is 10.2 Å². The van der Waals surface area contributed by atoms with E-state index in [1.54, 1.807) is 0 Å². The van der Waals surface area contributed by atoms with E-state index in [2.05, 4.69) is 10.2 Å². The fraction of sp³-hybridized carbons (Fsp3) is 1.00. The first-order valence-electron chi connectivity index (χ1n) is 6.94. The van der Waals surface area contributed by atoms with Crippen LogP contribution in [0.15, 0.2) is 0 Å². The van der Waals surface area contributed by atoms with Crippen molar-refractivity contribution in [1.29, 1.82) is 0 Å². The number of piperidine rings is 1. The zero-order chi connectivity index (χ0) is 11.0. The van der Waals surface area contributed by atoms with Gasteiger partial charge in [0.2, 0.25) is 0 Å². The molecule has 2 heterocycles. The molecule has 3 unspecified atom stereocenters. The molecule has 0 aromatic heterocycles. The molecule has 3 nitrogen and oxygen atoms in total. The minimum absolute atomic E-state index is 0. The summed E-state index contributed by atoms with van der Waals surface area (Å²) in [4.78, 5) is 2.62. The van der Waals surface area contributed by atoms with Gasteiger partial charge in [-0.2, -0.15) is 0 Å². The lowest BCUT2D eigenvalue weighted by Gasteiger charge is -2.28. The summed E-state index contributed by atoms with van der Waals surface area (Å²) in [6.07, 6.45) is 5.00. The van der Waals surface area contributed by atoms with E-state index in [0.29, 0.717) is 5.92 Å². The van der Waals surface area contributed by atoms with E-state index in [9.17, 15) is 5.11 Å². The number of aliphatic hydroxyl groups is 1. The van der Waals surface area contributed by atoms with Crippen molar-refractivity contribution in [3.63, 3.8) is 0 Å². The lowest BCUT2D eigenvalue weighted by atomic mass is 9.97. The fourth-order valence-corrected chi connectivity index (χ4v) is 3.91. The van der Waals surface area contributed by atoms with Crippen molar-refractivity contribution < 1.29 is 5.11 Å². The second-order valence-electron chi connectivity index (χ2n) is 5.98. The first-order chi connectivity index (χ1) is 7.83. The van der Waals surface area contributed by atoms with Crippen LogP contribution in [0.2, 0.25) is 0 Å². The summed E-state index contributed by atoms with van der Waals surface area (Å²) in [5, 5.41) is 13.3. The van der Waals surface area contributed by atoms with E-state index in [4.69, 9.17) is 0 Å². The third-order valence-electron chi connectivity index (χ3n) is 4.87. The molecule has 2 saturated heterocycles. The Morgan fingerprint density at radius 1 is 1.06 bits per heavy atom. The summed E-state index contributed by atoms with van der Waals surface area (Å²) in [5.41, 5.74) is 0. The molecule has 4 heteroatoms. The number of hydrogen-bond acceptors (Lipinski definition) is 3. The maximum atomic E-state index is 9.89. The van der Waals surface area contributed by atoms with Crippen LogP contribution in [0.4, 0.5) is 0 Å². The van der Waals surface area contributed by atoms with Crippen LogP contribution in [0, 0.1) is 17.8 Å². The normalized spacial score (nSPS) is 39.0. The minimum atomic E-state index is 0. The van der Waals surface area contributed by atoms with Crippen LogP contribution < -0.4 is 5.32 Å². The Kier molecular flexibility index (Phi) is 4.70. The highest BCUT2D eigenvalue weighted by atomic mass is 35.5. The number of nitrogens with one attached hydrogen (secondary N) is 1. The maximum absolute atomic E-state index is 9.89. The molecule has 1 saturated carbocycles. The fourth-order valence-electron chi connectivity index (χ4n) is 3.91. The van der Waals surface area contributed by atoms with Gasteiger partial charge in [-0.3, -0.25) is 0 Å². The highest BCUT2D eigenvalue weighted by Crippen LogP contribution is 2.38. The minimum Gasteiger partial charge on any atom is -0.393 e. The summed E-state index contributed by atoms with van der Waals surface area (Å²) >= 11 is 0. The summed E-state index contributed by atoms with van der Waals surface area (Å²) < 4.78 is 0. The standard InChI is InChI=1S/C13H24N2O.ClH/c16-13-2-1-11-8-15(9-12(11)13)7-10-3-5-14-6-4-10;/h10-14,16H,1-9H2;1H. The van der Waals surface area contributed by atoms with Crippen LogP contribution in [0.3, 0.4) is 0 Å². The Morgan fingerprint density at radius 2 is 1.82 bits per heavy atom. The zero-order valence-electron chi connectivity index (χ0n) is 10.5. The van der Waals surface area contributed by atoms with E-state index >= 15 is 0 Å². The van der Waals surface area contributed by atoms with Crippen molar-refractivity contribution in [3.05, 3.63) is 0 Å². The SMILES string of the molecule is Cl.OC1CCC2CN(CC3CCNCC3)CC12. The zero-order valence-corrected chi connectivity index (χ0v) is 11.3. The molecular weight excluding hydrogens is 236 g/mol. The molecule has 2 N–H and O–H groups in total. The monoisotopic (exact) mass is 260 g/mol. The number of halogens is 1. The molecule has 3 rings (SSSR count). The van der Waals surface area contributed by atoms with Gasteiger partial charge in [-0.1, -0.05) is 0 Å². The number of rotatable bonds is 2. The first kappa shape index (κ1) is 13.6. The van der Waals surface area contributed by atoms with Crippen molar-refractivity contribution >= 4 is 12.4 Å². The molecule has 1 aliphatic carbocycles. The van der Waals surface area contributed by atoms with Crippen molar-refractivity contribution in [3.8, 4) is 0 Å². The molecule has 3 atom stereocenters. The van der Waals surface area contributed by atoms with Gasteiger partial charge in [0.25, 0.3) is 0 Å². The molecule has 17 heavy (non-hydrogen) atoms. The van der Waals surface area contributed by atoms with Crippen molar-refractivity contribution in [2.75, 3.05) is 32.7 Å². The summed E-state index contributed by atoms with van der Waals surface area (Å²) in [6, 6.07) is 0. The number of aliphatic hydroxyl groups excluding tert-OH is 1. The van der Waals surface area contributed by atoms with Crippen LogP contribution in [0.1, 0.15) is 25.7 Å². The predicted octanol–water partition coefficient (Wildman–Crippen LogP) is 1.11. The Labute approximate surface area is 110 Å². The second kappa shape index (κ2) is 5.87. The Balaban J connectivity index is 0.00000108. The van der Waals surface area contributed by atoms with E-state index in [1.165, 1.54) is 45.4 Å². The van der Waals surface area contributed by atoms with Gasteiger partial charge in [0.05, 0.1) is 6.10 Å². The largest absolute Gasteiger partial charge is 0.393 e. The van der Waals surface area contributed by atoms with Gasteiger partial charge in [0, 0.05) is 25.6 Å². The molecule has 0 radical (unpaired) electrons. The van der Waals surface area contributed by atoms with Gasteiger partial charge in [0.1, 0.15) is 0 Å². The summed E-state index contributed by atoms with van der Waals surface area (Å²) in [7, 11) is 0. The molecule has 3 fully saturated rings. The van der Waals surface area contributed by atoms with Crippen LogP contribution in [-0.4, -0.2) is 48.8 Å². The highest BCUT2D eigenvalue weighted by Gasteiger charge is 2.41. The van der Waals surface area contributed by atoms with E-state index in [0.717, 1.165) is 24.8 Å². The predicted molar refractivity (Wildman–Crippen MR) is 71.5 cm³/mol. The molecule has 2 aliphatic heterocycles. The van der Waals surface area contributed by atoms with Crippen LogP contribution >= 0.6 is 12.4 Å². The maximum Gasteiger partial charge on any atom is 0.0583 e. The van der Waals surface area contributed by atoms with Gasteiger partial charge < -0.3 is 15.3 Å². The smallest absolute Gasteiger partial charge is 0.0583 e. The molecular formula is C13H25ClN2O. The molecule has 100 valence electrons. The second-order valence-corrected chi connectivity index (χ2v) is 5.98. The molecule has 0 aromatic rings. The van der Waals surface area contributed by atoms with Gasteiger partial charge in [-0.05, 0) is 50.6 Å². The van der Waals surface area contributed by atoms with Gasteiger partial charge in [0.15, 0.2) is 0 Å². The molecule has 3 aliphatic rings. The third kappa shape index (κ3) is 2.95. The summed E-state index contributed by atoms with van der Waals surface area (Å²) in [5.74, 6) is 2.30. The lowest BCUT2D eigenvalue weighted by molar-refractivity contribution is 0.121. The van der Waals surface area contributed by atoms with Crippen LogP contribution in [-0.2, 0) is 0 Å². The van der Waals surface area contributed by atoms with E-state index in [-0.39, 0.29) is 18.5 Å². The summed E-state index contributed by atoms with van der Waals surface area (Å²) in [6.45, 7) is 6.10. The van der Waals surface area contributed by atoms with Crippen LogP contribution in [0.5, 0.6) is 0 Å². The van der Waals surface area contributed by atoms with Crippen molar-refractivity contribution in [2.24, 2.45) is 17.8 Å². The molecule has 0 amide bonds. The topological polar surface area (TPSA) is 35.5 Å². The van der Waals surface area contributed by atoms with Crippen LogP contribution in [0.25, 0.3) is 0 Å². The number of likely N-dealkylation sites (tertiary alicyclic amines) is 1. The number of hydrogen-bond donors (Lipinski definition) is 2. The van der Waals surface area contributed by atoms with Gasteiger partial charge in [-0.25, -0.2) is 0 Å². The molecule has 0 aromatic carbocycles. The Morgan fingerprint density at radius 3 is 2.53 bits per heavy atom. The average Bonchev–Trinajstić information content (AvgIpc) is 2.83. The third-order valence-corrected chi connectivity index (χ3v) is 4.87.